The fourth-order valence-corrected chi connectivity index (χ4v) is 2.26. The zero-order valence-electron chi connectivity index (χ0n) is 14.3. The second-order valence-electron chi connectivity index (χ2n) is 5.23. The number of rotatable bonds is 6. The van der Waals surface area contributed by atoms with Gasteiger partial charge in [0.05, 0.1) is 19.8 Å². The predicted octanol–water partition coefficient (Wildman–Crippen LogP) is 3.68. The number of nitrogens with one attached hydrogen (secondary N) is 1. The molecule has 26 heavy (non-hydrogen) atoms. The van der Waals surface area contributed by atoms with Crippen molar-refractivity contribution in [1.82, 2.24) is 0 Å². The molecule has 0 spiro atoms. The standard InChI is InChI=1S/C18H17ClFNO5/c1-10(26-18(23)13-8-11(19)4-6-14(13)20)17(22)21-12-5-7-15(24-2)16(9-12)25-3/h4-10H,1-3H3,(H,21,22). The van der Waals surface area contributed by atoms with Gasteiger partial charge in [-0.25, -0.2) is 9.18 Å². The van der Waals surface area contributed by atoms with Gasteiger partial charge >= 0.3 is 5.97 Å². The van der Waals surface area contributed by atoms with Crippen LogP contribution in [0.1, 0.15) is 17.3 Å². The van der Waals surface area contributed by atoms with Gasteiger partial charge in [-0.1, -0.05) is 11.6 Å². The Morgan fingerprint density at radius 3 is 2.42 bits per heavy atom. The van der Waals surface area contributed by atoms with Gasteiger partial charge in [-0.2, -0.15) is 0 Å². The molecule has 1 atom stereocenters. The molecule has 0 aliphatic heterocycles. The van der Waals surface area contributed by atoms with Crippen LogP contribution in [0.4, 0.5) is 10.1 Å². The van der Waals surface area contributed by atoms with Crippen LogP contribution in [0.5, 0.6) is 11.5 Å². The smallest absolute Gasteiger partial charge is 0.341 e. The third kappa shape index (κ3) is 4.64. The highest BCUT2D eigenvalue weighted by Crippen LogP contribution is 2.29. The maximum absolute atomic E-state index is 13.7. The van der Waals surface area contributed by atoms with Crippen LogP contribution in [0, 0.1) is 5.82 Å². The first-order chi connectivity index (χ1) is 12.3. The fraction of sp³-hybridized carbons (Fsp3) is 0.222. The third-order valence-corrected chi connectivity index (χ3v) is 3.69. The summed E-state index contributed by atoms with van der Waals surface area (Å²) in [7, 11) is 2.96. The van der Waals surface area contributed by atoms with Crippen molar-refractivity contribution in [3.8, 4) is 11.5 Å². The first kappa shape index (κ1) is 19.5. The van der Waals surface area contributed by atoms with E-state index in [9.17, 15) is 14.0 Å². The Labute approximate surface area is 154 Å². The molecule has 0 aliphatic rings. The van der Waals surface area contributed by atoms with E-state index in [0.29, 0.717) is 17.2 Å². The molecule has 6 nitrogen and oxygen atoms in total. The molecular formula is C18H17ClFNO5. The number of anilines is 1. The molecule has 0 saturated carbocycles. The highest BCUT2D eigenvalue weighted by molar-refractivity contribution is 6.30. The van der Waals surface area contributed by atoms with Crippen LogP contribution in [-0.2, 0) is 9.53 Å². The van der Waals surface area contributed by atoms with Gasteiger partial charge in [0.2, 0.25) is 0 Å². The van der Waals surface area contributed by atoms with Crippen LogP contribution in [-0.4, -0.2) is 32.2 Å². The zero-order chi connectivity index (χ0) is 19.3. The summed E-state index contributed by atoms with van der Waals surface area (Å²) in [6.45, 7) is 1.37. The summed E-state index contributed by atoms with van der Waals surface area (Å²) in [6.07, 6.45) is -1.16. The largest absolute Gasteiger partial charge is 0.493 e. The Kier molecular flexibility index (Phi) is 6.41. The monoisotopic (exact) mass is 381 g/mol. The maximum atomic E-state index is 13.7. The van der Waals surface area contributed by atoms with E-state index in [1.165, 1.54) is 27.2 Å². The van der Waals surface area contributed by atoms with Crippen molar-refractivity contribution >= 4 is 29.2 Å². The van der Waals surface area contributed by atoms with Crippen LogP contribution < -0.4 is 14.8 Å². The highest BCUT2D eigenvalue weighted by atomic mass is 35.5. The van der Waals surface area contributed by atoms with Gasteiger partial charge in [0.25, 0.3) is 5.91 Å². The van der Waals surface area contributed by atoms with E-state index < -0.39 is 23.8 Å². The Morgan fingerprint density at radius 2 is 1.77 bits per heavy atom. The summed E-state index contributed by atoms with van der Waals surface area (Å²) in [6, 6.07) is 8.27. The number of ether oxygens (including phenoxy) is 3. The minimum absolute atomic E-state index is 0.181. The quantitative estimate of drug-likeness (QED) is 0.773. The third-order valence-electron chi connectivity index (χ3n) is 3.45. The Bertz CT molecular complexity index is 827. The summed E-state index contributed by atoms with van der Waals surface area (Å²) in [4.78, 5) is 24.2. The molecule has 138 valence electrons. The van der Waals surface area contributed by atoms with Crippen molar-refractivity contribution in [2.75, 3.05) is 19.5 Å². The first-order valence-corrected chi connectivity index (χ1v) is 7.92. The van der Waals surface area contributed by atoms with Gasteiger partial charge in [0, 0.05) is 16.8 Å². The van der Waals surface area contributed by atoms with E-state index in [-0.39, 0.29) is 10.6 Å². The Hall–Kier alpha value is -2.80. The molecule has 2 aromatic carbocycles. The summed E-state index contributed by atoms with van der Waals surface area (Å²) in [5.74, 6) is -1.43. The molecule has 1 unspecified atom stereocenters. The molecule has 8 heteroatoms. The van der Waals surface area contributed by atoms with Gasteiger partial charge in [-0.05, 0) is 37.3 Å². The highest BCUT2D eigenvalue weighted by Gasteiger charge is 2.22. The zero-order valence-corrected chi connectivity index (χ0v) is 15.1. The lowest BCUT2D eigenvalue weighted by Gasteiger charge is -2.15. The van der Waals surface area contributed by atoms with Crippen LogP contribution in [0.25, 0.3) is 0 Å². The molecule has 1 amide bonds. The molecular weight excluding hydrogens is 365 g/mol. The van der Waals surface area contributed by atoms with Crippen LogP contribution >= 0.6 is 11.6 Å². The summed E-state index contributed by atoms with van der Waals surface area (Å²) in [5, 5.41) is 2.76. The van der Waals surface area contributed by atoms with Gasteiger partial charge in [-0.15, -0.1) is 0 Å². The first-order valence-electron chi connectivity index (χ1n) is 7.54. The van der Waals surface area contributed by atoms with Crippen molar-refractivity contribution in [2.45, 2.75) is 13.0 Å². The summed E-state index contributed by atoms with van der Waals surface area (Å²) >= 11 is 5.74. The normalized spacial score (nSPS) is 11.4. The molecule has 1 N–H and O–H groups in total. The Balaban J connectivity index is 2.05. The molecule has 0 saturated heterocycles. The molecule has 0 fully saturated rings. The molecule has 0 bridgehead atoms. The number of hydrogen-bond acceptors (Lipinski definition) is 5. The van der Waals surface area contributed by atoms with Crippen molar-refractivity contribution in [3.63, 3.8) is 0 Å². The topological polar surface area (TPSA) is 73.9 Å². The second kappa shape index (κ2) is 8.53. The number of benzene rings is 2. The van der Waals surface area contributed by atoms with Crippen molar-refractivity contribution in [2.24, 2.45) is 0 Å². The number of carbonyl (C=O) groups excluding carboxylic acids is 2. The Morgan fingerprint density at radius 1 is 1.08 bits per heavy atom. The number of halogens is 2. The SMILES string of the molecule is COc1ccc(NC(=O)C(C)OC(=O)c2cc(Cl)ccc2F)cc1OC. The number of methoxy groups -OCH3 is 2. The van der Waals surface area contributed by atoms with Crippen LogP contribution in [0.15, 0.2) is 36.4 Å². The van der Waals surface area contributed by atoms with E-state index in [1.807, 2.05) is 0 Å². The summed E-state index contributed by atoms with van der Waals surface area (Å²) in [5.41, 5.74) is 0.0766. The lowest BCUT2D eigenvalue weighted by molar-refractivity contribution is -0.123. The lowest BCUT2D eigenvalue weighted by atomic mass is 10.2. The minimum Gasteiger partial charge on any atom is -0.493 e. The minimum atomic E-state index is -1.16. The molecule has 0 heterocycles. The average Bonchev–Trinajstić information content (AvgIpc) is 2.63. The number of carbonyl (C=O) groups is 2. The molecule has 2 rings (SSSR count). The number of esters is 1. The molecule has 2 aromatic rings. The van der Waals surface area contributed by atoms with Gasteiger partial charge < -0.3 is 19.5 Å². The van der Waals surface area contributed by atoms with E-state index in [2.05, 4.69) is 5.32 Å². The van der Waals surface area contributed by atoms with Crippen molar-refractivity contribution in [3.05, 3.63) is 52.8 Å². The van der Waals surface area contributed by atoms with E-state index in [4.69, 9.17) is 25.8 Å². The summed E-state index contributed by atoms with van der Waals surface area (Å²) < 4.78 is 29.0. The van der Waals surface area contributed by atoms with Crippen LogP contribution in [0.2, 0.25) is 5.02 Å². The maximum Gasteiger partial charge on any atom is 0.341 e. The lowest BCUT2D eigenvalue weighted by Crippen LogP contribution is -2.30. The van der Waals surface area contributed by atoms with Crippen molar-refractivity contribution < 1.29 is 28.2 Å². The second-order valence-corrected chi connectivity index (χ2v) is 5.67. The van der Waals surface area contributed by atoms with Gasteiger partial charge in [0.15, 0.2) is 17.6 Å². The molecule has 0 radical (unpaired) electrons. The van der Waals surface area contributed by atoms with E-state index in [0.717, 1.165) is 12.1 Å². The van der Waals surface area contributed by atoms with Gasteiger partial charge in [-0.3, -0.25) is 4.79 Å². The fourth-order valence-electron chi connectivity index (χ4n) is 2.09. The number of amides is 1. The van der Waals surface area contributed by atoms with E-state index >= 15 is 0 Å². The van der Waals surface area contributed by atoms with Crippen LogP contribution in [0.3, 0.4) is 0 Å². The molecule has 0 aliphatic carbocycles. The average molecular weight is 382 g/mol. The predicted molar refractivity (Wildman–Crippen MR) is 94.5 cm³/mol. The van der Waals surface area contributed by atoms with Gasteiger partial charge in [0.1, 0.15) is 5.82 Å². The molecule has 0 aromatic heterocycles. The van der Waals surface area contributed by atoms with Crippen molar-refractivity contribution in [1.29, 1.82) is 0 Å². The van der Waals surface area contributed by atoms with E-state index in [1.54, 1.807) is 18.2 Å². The number of hydrogen-bond donors (Lipinski definition) is 1.